The first kappa shape index (κ1) is 15.2. The summed E-state index contributed by atoms with van der Waals surface area (Å²) in [5.41, 5.74) is 5.74. The van der Waals surface area contributed by atoms with E-state index in [1.807, 2.05) is 0 Å². The Morgan fingerprint density at radius 3 is 2.26 bits per heavy atom. The SMILES string of the molecule is NCC1CCCC1CNS(=O)(=O)N1CCCCCC1. The van der Waals surface area contributed by atoms with Gasteiger partial charge in [-0.1, -0.05) is 19.3 Å². The van der Waals surface area contributed by atoms with Gasteiger partial charge in [-0.25, -0.2) is 4.72 Å². The largest absolute Gasteiger partial charge is 0.330 e. The van der Waals surface area contributed by atoms with Gasteiger partial charge in [0.2, 0.25) is 0 Å². The average molecular weight is 289 g/mol. The third kappa shape index (κ3) is 4.15. The van der Waals surface area contributed by atoms with Gasteiger partial charge in [0.25, 0.3) is 10.2 Å². The molecule has 2 fully saturated rings. The van der Waals surface area contributed by atoms with E-state index in [9.17, 15) is 8.42 Å². The summed E-state index contributed by atoms with van der Waals surface area (Å²) < 4.78 is 29.0. The van der Waals surface area contributed by atoms with Crippen LogP contribution >= 0.6 is 0 Å². The standard InChI is InChI=1S/C13H27N3O2S/c14-10-12-6-5-7-13(12)11-15-19(17,18)16-8-3-1-2-4-9-16/h12-13,15H,1-11,14H2. The van der Waals surface area contributed by atoms with Crippen molar-refractivity contribution in [2.45, 2.75) is 44.9 Å². The Hall–Kier alpha value is -0.170. The molecular formula is C13H27N3O2S. The van der Waals surface area contributed by atoms with Crippen LogP contribution in [0.2, 0.25) is 0 Å². The summed E-state index contributed by atoms with van der Waals surface area (Å²) in [6.45, 7) is 2.57. The molecule has 2 atom stereocenters. The van der Waals surface area contributed by atoms with Crippen molar-refractivity contribution < 1.29 is 8.42 Å². The molecule has 1 aliphatic carbocycles. The average Bonchev–Trinajstić information content (AvgIpc) is 2.66. The summed E-state index contributed by atoms with van der Waals surface area (Å²) in [6.07, 6.45) is 7.67. The van der Waals surface area contributed by atoms with Crippen molar-refractivity contribution in [1.82, 2.24) is 9.03 Å². The van der Waals surface area contributed by atoms with Crippen molar-refractivity contribution in [1.29, 1.82) is 0 Å². The Labute approximate surface area is 117 Å². The molecule has 1 heterocycles. The van der Waals surface area contributed by atoms with Gasteiger partial charge in [-0.05, 0) is 44.1 Å². The number of nitrogens with one attached hydrogen (secondary N) is 1. The maximum atomic E-state index is 12.3. The lowest BCUT2D eigenvalue weighted by Gasteiger charge is -2.23. The lowest BCUT2D eigenvalue weighted by Crippen LogP contribution is -2.43. The van der Waals surface area contributed by atoms with Gasteiger partial charge in [-0.3, -0.25) is 0 Å². The molecular weight excluding hydrogens is 262 g/mol. The van der Waals surface area contributed by atoms with Crippen LogP contribution in [0.3, 0.4) is 0 Å². The molecule has 5 nitrogen and oxygen atoms in total. The molecule has 112 valence electrons. The summed E-state index contributed by atoms with van der Waals surface area (Å²) in [6, 6.07) is 0. The fourth-order valence-electron chi connectivity index (χ4n) is 3.28. The summed E-state index contributed by atoms with van der Waals surface area (Å²) >= 11 is 0. The van der Waals surface area contributed by atoms with Crippen LogP contribution < -0.4 is 10.5 Å². The van der Waals surface area contributed by atoms with Gasteiger partial charge in [0.1, 0.15) is 0 Å². The summed E-state index contributed by atoms with van der Waals surface area (Å²) in [5, 5.41) is 0. The summed E-state index contributed by atoms with van der Waals surface area (Å²) in [5.74, 6) is 0.915. The summed E-state index contributed by atoms with van der Waals surface area (Å²) in [7, 11) is -3.28. The van der Waals surface area contributed by atoms with E-state index in [-0.39, 0.29) is 0 Å². The Balaban J connectivity index is 1.86. The van der Waals surface area contributed by atoms with Gasteiger partial charge in [-0.15, -0.1) is 0 Å². The van der Waals surface area contributed by atoms with Crippen LogP contribution in [0.1, 0.15) is 44.9 Å². The molecule has 6 heteroatoms. The molecule has 0 aromatic rings. The van der Waals surface area contributed by atoms with Crippen LogP contribution in [0.25, 0.3) is 0 Å². The highest BCUT2D eigenvalue weighted by Crippen LogP contribution is 2.30. The van der Waals surface area contributed by atoms with Gasteiger partial charge < -0.3 is 5.73 Å². The minimum absolute atomic E-state index is 0.423. The predicted molar refractivity (Wildman–Crippen MR) is 76.8 cm³/mol. The van der Waals surface area contributed by atoms with Gasteiger partial charge >= 0.3 is 0 Å². The Kier molecular flexibility index (Phi) is 5.62. The van der Waals surface area contributed by atoms with E-state index in [2.05, 4.69) is 4.72 Å². The maximum absolute atomic E-state index is 12.3. The van der Waals surface area contributed by atoms with Gasteiger partial charge in [0.15, 0.2) is 0 Å². The number of rotatable bonds is 5. The molecule has 1 saturated carbocycles. The molecule has 1 saturated heterocycles. The monoisotopic (exact) mass is 289 g/mol. The molecule has 1 aliphatic heterocycles. The number of hydrogen-bond acceptors (Lipinski definition) is 3. The predicted octanol–water partition coefficient (Wildman–Crippen LogP) is 1.07. The van der Waals surface area contributed by atoms with Crippen molar-refractivity contribution in [2.75, 3.05) is 26.2 Å². The molecule has 0 amide bonds. The van der Waals surface area contributed by atoms with Crippen LogP contribution in [-0.4, -0.2) is 38.9 Å². The molecule has 2 rings (SSSR count). The fourth-order valence-corrected chi connectivity index (χ4v) is 4.62. The van der Waals surface area contributed by atoms with E-state index >= 15 is 0 Å². The van der Waals surface area contributed by atoms with Crippen molar-refractivity contribution in [2.24, 2.45) is 17.6 Å². The van der Waals surface area contributed by atoms with Gasteiger partial charge in [0, 0.05) is 19.6 Å². The van der Waals surface area contributed by atoms with Crippen LogP contribution in [0, 0.1) is 11.8 Å². The fraction of sp³-hybridized carbons (Fsp3) is 1.00. The highest BCUT2D eigenvalue weighted by molar-refractivity contribution is 7.87. The van der Waals surface area contributed by atoms with E-state index in [1.165, 1.54) is 6.42 Å². The Morgan fingerprint density at radius 1 is 1.00 bits per heavy atom. The lowest BCUT2D eigenvalue weighted by atomic mass is 9.97. The van der Waals surface area contributed by atoms with Crippen LogP contribution in [0.4, 0.5) is 0 Å². The minimum Gasteiger partial charge on any atom is -0.330 e. The highest BCUT2D eigenvalue weighted by atomic mass is 32.2. The quantitative estimate of drug-likeness (QED) is 0.795. The molecule has 2 unspecified atom stereocenters. The molecule has 3 N–H and O–H groups in total. The first-order chi connectivity index (χ1) is 9.13. The zero-order valence-corrected chi connectivity index (χ0v) is 12.5. The van der Waals surface area contributed by atoms with Crippen molar-refractivity contribution in [3.8, 4) is 0 Å². The van der Waals surface area contributed by atoms with E-state index in [1.54, 1.807) is 4.31 Å². The molecule has 0 spiro atoms. The van der Waals surface area contributed by atoms with Crippen LogP contribution in [-0.2, 0) is 10.2 Å². The first-order valence-electron chi connectivity index (χ1n) is 7.58. The second-order valence-corrected chi connectivity index (χ2v) is 7.61. The van der Waals surface area contributed by atoms with E-state index in [0.29, 0.717) is 38.0 Å². The van der Waals surface area contributed by atoms with E-state index < -0.39 is 10.2 Å². The van der Waals surface area contributed by atoms with Crippen LogP contribution in [0.5, 0.6) is 0 Å². The lowest BCUT2D eigenvalue weighted by molar-refractivity contribution is 0.375. The molecule has 19 heavy (non-hydrogen) atoms. The normalized spacial score (nSPS) is 30.4. The smallest absolute Gasteiger partial charge is 0.279 e. The van der Waals surface area contributed by atoms with E-state index in [0.717, 1.165) is 38.5 Å². The molecule has 0 bridgehead atoms. The Bertz CT molecular complexity index is 364. The van der Waals surface area contributed by atoms with Gasteiger partial charge in [0.05, 0.1) is 0 Å². The zero-order chi connectivity index (χ0) is 13.7. The van der Waals surface area contributed by atoms with Crippen molar-refractivity contribution >= 4 is 10.2 Å². The van der Waals surface area contributed by atoms with Crippen molar-refractivity contribution in [3.05, 3.63) is 0 Å². The van der Waals surface area contributed by atoms with Crippen LogP contribution in [0.15, 0.2) is 0 Å². The second-order valence-electron chi connectivity index (χ2n) is 5.85. The summed E-state index contributed by atoms with van der Waals surface area (Å²) in [4.78, 5) is 0. The topological polar surface area (TPSA) is 75.4 Å². The minimum atomic E-state index is -3.28. The maximum Gasteiger partial charge on any atom is 0.279 e. The molecule has 2 aliphatic rings. The molecule has 0 radical (unpaired) electrons. The third-order valence-corrected chi connectivity index (χ3v) is 6.13. The van der Waals surface area contributed by atoms with E-state index in [4.69, 9.17) is 5.73 Å². The third-order valence-electron chi connectivity index (χ3n) is 4.55. The number of nitrogens with two attached hydrogens (primary N) is 1. The first-order valence-corrected chi connectivity index (χ1v) is 9.02. The van der Waals surface area contributed by atoms with Gasteiger partial charge in [-0.2, -0.15) is 12.7 Å². The molecule has 0 aromatic heterocycles. The highest BCUT2D eigenvalue weighted by Gasteiger charge is 2.29. The second kappa shape index (κ2) is 7.02. The van der Waals surface area contributed by atoms with Crippen molar-refractivity contribution in [3.63, 3.8) is 0 Å². The number of nitrogens with zero attached hydrogens (tertiary/aromatic N) is 1. The Morgan fingerprint density at radius 2 is 1.63 bits per heavy atom. The molecule has 0 aromatic carbocycles. The zero-order valence-electron chi connectivity index (χ0n) is 11.7. The number of hydrogen-bond donors (Lipinski definition) is 2.